The van der Waals surface area contributed by atoms with Crippen LogP contribution in [0.4, 0.5) is 13.2 Å². The fraction of sp³-hybridized carbons (Fsp3) is 0.500. The van der Waals surface area contributed by atoms with Gasteiger partial charge in [0.25, 0.3) is 0 Å². The van der Waals surface area contributed by atoms with Crippen LogP contribution in [0, 0.1) is 5.92 Å². The number of nitrogens with two attached hydrogens (primary N) is 1. The van der Waals surface area contributed by atoms with E-state index in [0.29, 0.717) is 6.42 Å². The quantitative estimate of drug-likeness (QED) is 0.868. The van der Waals surface area contributed by atoms with Gasteiger partial charge in [0.2, 0.25) is 0 Å². The van der Waals surface area contributed by atoms with E-state index in [9.17, 15) is 18.0 Å². The zero-order valence-electron chi connectivity index (χ0n) is 10.8. The van der Waals surface area contributed by atoms with Crippen molar-refractivity contribution in [3.63, 3.8) is 0 Å². The van der Waals surface area contributed by atoms with Gasteiger partial charge in [-0.3, -0.25) is 4.79 Å². The van der Waals surface area contributed by atoms with Crippen LogP contribution < -0.4 is 10.5 Å². The third-order valence-corrected chi connectivity index (χ3v) is 3.51. The van der Waals surface area contributed by atoms with Crippen LogP contribution in [-0.2, 0) is 0 Å². The maximum Gasteiger partial charge on any atom is 0.573 e. The number of benzene rings is 1. The van der Waals surface area contributed by atoms with Crippen LogP contribution >= 0.6 is 0 Å². The molecule has 1 aromatic rings. The predicted octanol–water partition coefficient (Wildman–Crippen LogP) is 3.29. The fourth-order valence-corrected chi connectivity index (χ4v) is 2.55. The molecule has 0 spiro atoms. The molecular weight excluding hydrogens is 271 g/mol. The summed E-state index contributed by atoms with van der Waals surface area (Å²) in [6.45, 7) is 0. The Balaban J connectivity index is 2.15. The van der Waals surface area contributed by atoms with Gasteiger partial charge in [-0.15, -0.1) is 13.2 Å². The van der Waals surface area contributed by atoms with Gasteiger partial charge >= 0.3 is 6.36 Å². The van der Waals surface area contributed by atoms with Crippen LogP contribution in [0.5, 0.6) is 5.75 Å². The van der Waals surface area contributed by atoms with Gasteiger partial charge in [-0.05, 0) is 25.0 Å². The molecule has 20 heavy (non-hydrogen) atoms. The molecule has 110 valence electrons. The molecule has 2 unspecified atom stereocenters. The van der Waals surface area contributed by atoms with Crippen molar-refractivity contribution in [2.45, 2.75) is 38.1 Å². The van der Waals surface area contributed by atoms with Crippen molar-refractivity contribution < 1.29 is 22.7 Å². The summed E-state index contributed by atoms with van der Waals surface area (Å²) >= 11 is 0. The lowest BCUT2D eigenvalue weighted by molar-refractivity contribution is -0.274. The number of ketones is 1. The number of halogens is 3. The Morgan fingerprint density at radius 1 is 1.25 bits per heavy atom. The predicted molar refractivity (Wildman–Crippen MR) is 67.4 cm³/mol. The first-order valence-corrected chi connectivity index (χ1v) is 6.52. The Labute approximate surface area is 114 Å². The molecule has 1 saturated carbocycles. The molecule has 0 saturated heterocycles. The molecule has 6 heteroatoms. The van der Waals surface area contributed by atoms with E-state index in [1.165, 1.54) is 18.2 Å². The summed E-state index contributed by atoms with van der Waals surface area (Å²) in [5, 5.41) is 0. The SMILES string of the molecule is NC1CCCCC1C(=O)c1cccc(OC(F)(F)F)c1. The van der Waals surface area contributed by atoms with Gasteiger partial charge in [-0.25, -0.2) is 0 Å². The zero-order chi connectivity index (χ0) is 14.8. The normalized spacial score (nSPS) is 23.4. The van der Waals surface area contributed by atoms with E-state index in [1.807, 2.05) is 0 Å². The lowest BCUT2D eigenvalue weighted by Crippen LogP contribution is -2.38. The fourth-order valence-electron chi connectivity index (χ4n) is 2.55. The van der Waals surface area contributed by atoms with Crippen molar-refractivity contribution in [1.82, 2.24) is 0 Å². The van der Waals surface area contributed by atoms with E-state index in [2.05, 4.69) is 4.74 Å². The third-order valence-electron chi connectivity index (χ3n) is 3.51. The summed E-state index contributed by atoms with van der Waals surface area (Å²) < 4.78 is 40.3. The summed E-state index contributed by atoms with van der Waals surface area (Å²) in [6.07, 6.45) is -1.40. The topological polar surface area (TPSA) is 52.3 Å². The molecule has 0 radical (unpaired) electrons. The number of carbonyl (C=O) groups excluding carboxylic acids is 1. The number of hydrogen-bond acceptors (Lipinski definition) is 3. The van der Waals surface area contributed by atoms with Gasteiger partial charge < -0.3 is 10.5 Å². The van der Waals surface area contributed by atoms with Gasteiger partial charge in [-0.1, -0.05) is 25.0 Å². The molecule has 2 rings (SSSR count). The number of Topliss-reactive ketones (excluding diaryl/α,β-unsaturated/α-hetero) is 1. The maximum atomic E-state index is 12.3. The average Bonchev–Trinajstić information content (AvgIpc) is 2.37. The summed E-state index contributed by atoms with van der Waals surface area (Å²) in [5.74, 6) is -0.901. The molecule has 0 heterocycles. The second-order valence-electron chi connectivity index (χ2n) is 4.99. The minimum absolute atomic E-state index is 0.204. The molecule has 1 aliphatic rings. The molecule has 0 aliphatic heterocycles. The van der Waals surface area contributed by atoms with Gasteiger partial charge in [0.15, 0.2) is 5.78 Å². The van der Waals surface area contributed by atoms with Crippen molar-refractivity contribution in [2.75, 3.05) is 0 Å². The van der Waals surface area contributed by atoms with Crippen LogP contribution in [-0.4, -0.2) is 18.2 Å². The standard InChI is InChI=1S/C14H16F3NO2/c15-14(16,17)20-10-5-3-4-9(8-10)13(19)11-6-1-2-7-12(11)18/h3-5,8,11-12H,1-2,6-7,18H2. The van der Waals surface area contributed by atoms with Crippen molar-refractivity contribution in [3.8, 4) is 5.75 Å². The monoisotopic (exact) mass is 287 g/mol. The van der Waals surface area contributed by atoms with Crippen molar-refractivity contribution >= 4 is 5.78 Å². The van der Waals surface area contributed by atoms with E-state index < -0.39 is 6.36 Å². The lowest BCUT2D eigenvalue weighted by Gasteiger charge is -2.27. The molecule has 1 aliphatic carbocycles. The number of rotatable bonds is 3. The Kier molecular flexibility index (Phi) is 4.32. The molecule has 2 N–H and O–H groups in total. The van der Waals surface area contributed by atoms with Gasteiger partial charge in [-0.2, -0.15) is 0 Å². The maximum absolute atomic E-state index is 12.3. The van der Waals surface area contributed by atoms with E-state index in [1.54, 1.807) is 0 Å². The zero-order valence-corrected chi connectivity index (χ0v) is 10.8. The highest BCUT2D eigenvalue weighted by molar-refractivity contribution is 5.98. The Hall–Kier alpha value is -1.56. The minimum atomic E-state index is -4.76. The highest BCUT2D eigenvalue weighted by Gasteiger charge is 2.32. The molecule has 0 amide bonds. The highest BCUT2D eigenvalue weighted by Crippen LogP contribution is 2.28. The second-order valence-corrected chi connectivity index (χ2v) is 4.99. The second kappa shape index (κ2) is 5.83. The largest absolute Gasteiger partial charge is 0.573 e. The number of hydrogen-bond donors (Lipinski definition) is 1. The first kappa shape index (κ1) is 14.8. The van der Waals surface area contributed by atoms with E-state index in [4.69, 9.17) is 5.73 Å². The summed E-state index contributed by atoms with van der Waals surface area (Å²) in [6, 6.07) is 4.95. The van der Waals surface area contributed by atoms with Gasteiger partial charge in [0, 0.05) is 17.5 Å². The third kappa shape index (κ3) is 3.72. The van der Waals surface area contributed by atoms with Gasteiger partial charge in [0.05, 0.1) is 0 Å². The van der Waals surface area contributed by atoms with Gasteiger partial charge in [0.1, 0.15) is 5.75 Å². The first-order chi connectivity index (χ1) is 9.37. The Morgan fingerprint density at radius 2 is 1.95 bits per heavy atom. The van der Waals surface area contributed by atoms with Crippen LogP contribution in [0.25, 0.3) is 0 Å². The first-order valence-electron chi connectivity index (χ1n) is 6.52. The van der Waals surface area contributed by atoms with E-state index in [-0.39, 0.29) is 29.1 Å². The van der Waals surface area contributed by atoms with Crippen molar-refractivity contribution in [1.29, 1.82) is 0 Å². The van der Waals surface area contributed by atoms with Crippen LogP contribution in [0.2, 0.25) is 0 Å². The number of carbonyl (C=O) groups is 1. The molecule has 1 aromatic carbocycles. The average molecular weight is 287 g/mol. The number of alkyl halides is 3. The molecular formula is C14H16F3NO2. The highest BCUT2D eigenvalue weighted by atomic mass is 19.4. The molecule has 3 nitrogen and oxygen atoms in total. The smallest absolute Gasteiger partial charge is 0.406 e. The summed E-state index contributed by atoms with van der Waals surface area (Å²) in [5.41, 5.74) is 6.14. The number of ether oxygens (including phenoxy) is 1. The van der Waals surface area contributed by atoms with Crippen molar-refractivity contribution in [2.24, 2.45) is 11.7 Å². The van der Waals surface area contributed by atoms with Crippen LogP contribution in [0.15, 0.2) is 24.3 Å². The van der Waals surface area contributed by atoms with Crippen LogP contribution in [0.3, 0.4) is 0 Å². The summed E-state index contributed by atoms with van der Waals surface area (Å²) in [7, 11) is 0. The summed E-state index contributed by atoms with van der Waals surface area (Å²) in [4.78, 5) is 12.3. The van der Waals surface area contributed by atoms with E-state index >= 15 is 0 Å². The molecule has 2 atom stereocenters. The Bertz CT molecular complexity index is 488. The minimum Gasteiger partial charge on any atom is -0.406 e. The molecule has 0 aromatic heterocycles. The lowest BCUT2D eigenvalue weighted by atomic mass is 9.80. The molecule has 1 fully saturated rings. The Morgan fingerprint density at radius 3 is 2.60 bits per heavy atom. The van der Waals surface area contributed by atoms with E-state index in [0.717, 1.165) is 25.3 Å². The molecule has 0 bridgehead atoms. The van der Waals surface area contributed by atoms with Crippen LogP contribution in [0.1, 0.15) is 36.0 Å². The van der Waals surface area contributed by atoms with Crippen molar-refractivity contribution in [3.05, 3.63) is 29.8 Å².